The third kappa shape index (κ3) is 8.42. The van der Waals surface area contributed by atoms with Crippen molar-refractivity contribution in [2.45, 2.75) is 33.1 Å². The quantitative estimate of drug-likeness (QED) is 0.218. The standard InChI is InChI=1S/C32H40FN3O8S/c1-22-6-11-27(23(2)18-22)32(38)44-36(21-28-29(42-4)19-26(41-3)20-30(28)43-5)31(37)12-17-45(39,40)35-15-13-34(14-16-35)25-9-7-24(33)8-10-25/h6-11,18-20,32,38H,12-17,21H2,1-5H3. The van der Waals surface area contributed by atoms with E-state index in [0.717, 1.165) is 21.9 Å². The minimum atomic E-state index is -3.81. The van der Waals surface area contributed by atoms with E-state index in [2.05, 4.69) is 0 Å². The summed E-state index contributed by atoms with van der Waals surface area (Å²) in [4.78, 5) is 21.4. The van der Waals surface area contributed by atoms with Crippen molar-refractivity contribution in [1.29, 1.82) is 0 Å². The molecule has 0 radical (unpaired) electrons. The second-order valence-corrected chi connectivity index (χ2v) is 12.8. The lowest BCUT2D eigenvalue weighted by Crippen LogP contribution is -2.49. The first-order valence-electron chi connectivity index (χ1n) is 14.4. The fourth-order valence-electron chi connectivity index (χ4n) is 5.19. The topological polar surface area (TPSA) is 118 Å². The molecule has 1 amide bonds. The summed E-state index contributed by atoms with van der Waals surface area (Å²) in [5.74, 6) is -0.299. The highest BCUT2D eigenvalue weighted by Gasteiger charge is 2.30. The summed E-state index contributed by atoms with van der Waals surface area (Å²) in [6.45, 7) is 4.82. The number of rotatable bonds is 13. The number of carbonyl (C=O) groups is 1. The maximum atomic E-state index is 13.6. The van der Waals surface area contributed by atoms with Crippen molar-refractivity contribution in [3.8, 4) is 17.2 Å². The fourth-order valence-corrected chi connectivity index (χ4v) is 6.60. The number of aliphatic hydroxyl groups is 1. The second-order valence-electron chi connectivity index (χ2n) is 10.7. The van der Waals surface area contributed by atoms with Crippen molar-refractivity contribution in [3.63, 3.8) is 0 Å². The molecule has 0 bridgehead atoms. The number of aliphatic hydroxyl groups excluding tert-OH is 1. The highest BCUT2D eigenvalue weighted by molar-refractivity contribution is 7.89. The van der Waals surface area contributed by atoms with Crippen LogP contribution in [0.15, 0.2) is 54.6 Å². The van der Waals surface area contributed by atoms with Gasteiger partial charge in [-0.2, -0.15) is 4.31 Å². The summed E-state index contributed by atoms with van der Waals surface area (Å²) in [7, 11) is 0.600. The Kier molecular flexibility index (Phi) is 11.3. The van der Waals surface area contributed by atoms with Crippen LogP contribution in [0.4, 0.5) is 10.1 Å². The predicted octanol–water partition coefficient (Wildman–Crippen LogP) is 3.96. The maximum Gasteiger partial charge on any atom is 0.247 e. The van der Waals surface area contributed by atoms with Crippen molar-refractivity contribution >= 4 is 21.6 Å². The molecule has 45 heavy (non-hydrogen) atoms. The Balaban J connectivity index is 1.51. The van der Waals surface area contributed by atoms with E-state index < -0.39 is 34.4 Å². The van der Waals surface area contributed by atoms with Crippen LogP contribution >= 0.6 is 0 Å². The first-order chi connectivity index (χ1) is 21.4. The number of halogens is 1. The molecule has 4 rings (SSSR count). The molecule has 1 aliphatic rings. The number of sulfonamides is 1. The van der Waals surface area contributed by atoms with Gasteiger partial charge in [-0.1, -0.05) is 23.8 Å². The molecular weight excluding hydrogens is 605 g/mol. The van der Waals surface area contributed by atoms with Gasteiger partial charge in [0.15, 0.2) is 0 Å². The number of methoxy groups -OCH3 is 3. The summed E-state index contributed by atoms with van der Waals surface area (Å²) in [5.41, 5.74) is 3.45. The molecule has 3 aromatic carbocycles. The molecule has 0 saturated carbocycles. The first kappa shape index (κ1) is 34.0. The average molecular weight is 646 g/mol. The number of ether oxygens (including phenoxy) is 3. The molecule has 13 heteroatoms. The SMILES string of the molecule is COc1cc(OC)c(CN(OC(O)c2ccc(C)cc2C)C(=O)CCS(=O)(=O)N2CCN(c3ccc(F)cc3)CC2)c(OC)c1. The van der Waals surface area contributed by atoms with Gasteiger partial charge in [0.25, 0.3) is 0 Å². The second kappa shape index (κ2) is 14.9. The zero-order valence-corrected chi connectivity index (χ0v) is 27.0. The Morgan fingerprint density at radius 3 is 2.11 bits per heavy atom. The van der Waals surface area contributed by atoms with Gasteiger partial charge in [-0.25, -0.2) is 22.7 Å². The maximum absolute atomic E-state index is 13.6. The fraction of sp³-hybridized carbons (Fsp3) is 0.406. The minimum absolute atomic E-state index is 0.215. The number of hydrogen-bond donors (Lipinski definition) is 1. The third-order valence-electron chi connectivity index (χ3n) is 7.71. The lowest BCUT2D eigenvalue weighted by Gasteiger charge is -2.35. The Labute approximate surface area is 263 Å². The van der Waals surface area contributed by atoms with Gasteiger partial charge in [-0.05, 0) is 43.7 Å². The molecule has 1 saturated heterocycles. The molecule has 0 spiro atoms. The number of anilines is 1. The Morgan fingerprint density at radius 1 is 0.933 bits per heavy atom. The molecule has 1 aliphatic heterocycles. The molecule has 1 unspecified atom stereocenters. The molecule has 0 aromatic heterocycles. The van der Waals surface area contributed by atoms with Gasteiger partial charge in [-0.3, -0.25) is 4.79 Å². The van der Waals surface area contributed by atoms with E-state index in [1.807, 2.05) is 30.9 Å². The van der Waals surface area contributed by atoms with Crippen molar-refractivity contribution in [2.24, 2.45) is 0 Å². The van der Waals surface area contributed by atoms with Crippen LogP contribution in [0.3, 0.4) is 0 Å². The van der Waals surface area contributed by atoms with Crippen LogP contribution in [0.1, 0.15) is 35.0 Å². The van der Waals surface area contributed by atoms with Gasteiger partial charge in [0.1, 0.15) is 23.1 Å². The normalized spacial score (nSPS) is 14.6. The molecule has 244 valence electrons. The number of carbonyl (C=O) groups excluding carboxylic acids is 1. The smallest absolute Gasteiger partial charge is 0.247 e. The zero-order chi connectivity index (χ0) is 32.7. The van der Waals surface area contributed by atoms with Crippen LogP contribution < -0.4 is 19.1 Å². The number of hydrogen-bond acceptors (Lipinski definition) is 9. The molecule has 1 atom stereocenters. The highest BCUT2D eigenvalue weighted by atomic mass is 32.2. The first-order valence-corrected chi connectivity index (χ1v) is 16.1. The van der Waals surface area contributed by atoms with Gasteiger partial charge < -0.3 is 24.2 Å². The van der Waals surface area contributed by atoms with Crippen molar-refractivity contribution in [3.05, 3.63) is 82.7 Å². The van der Waals surface area contributed by atoms with Crippen molar-refractivity contribution < 1.29 is 41.8 Å². The van der Waals surface area contributed by atoms with E-state index in [9.17, 15) is 22.7 Å². The number of hydroxylamine groups is 2. The van der Waals surface area contributed by atoms with E-state index in [0.29, 0.717) is 41.5 Å². The number of benzene rings is 3. The molecular formula is C32H40FN3O8S. The number of nitrogens with zero attached hydrogens (tertiary/aromatic N) is 3. The summed E-state index contributed by atoms with van der Waals surface area (Å²) in [6.07, 6.45) is -1.91. The van der Waals surface area contributed by atoms with Gasteiger partial charge in [0.05, 0.1) is 39.2 Å². The average Bonchev–Trinajstić information content (AvgIpc) is 3.03. The molecule has 11 nitrogen and oxygen atoms in total. The summed E-state index contributed by atoms with van der Waals surface area (Å²) in [6, 6.07) is 14.7. The lowest BCUT2D eigenvalue weighted by atomic mass is 10.1. The molecule has 1 N–H and O–H groups in total. The zero-order valence-electron chi connectivity index (χ0n) is 26.2. The Morgan fingerprint density at radius 2 is 1.56 bits per heavy atom. The summed E-state index contributed by atoms with van der Waals surface area (Å²) in [5, 5.41) is 12.0. The van der Waals surface area contributed by atoms with Gasteiger partial charge in [-0.15, -0.1) is 0 Å². The third-order valence-corrected chi connectivity index (χ3v) is 9.59. The van der Waals surface area contributed by atoms with E-state index in [-0.39, 0.29) is 25.5 Å². The van der Waals surface area contributed by atoms with Crippen LogP contribution in [0.2, 0.25) is 0 Å². The van der Waals surface area contributed by atoms with Crippen LogP contribution in [-0.4, -0.2) is 82.1 Å². The highest BCUT2D eigenvalue weighted by Crippen LogP contribution is 2.36. The molecule has 1 heterocycles. The largest absolute Gasteiger partial charge is 0.496 e. The minimum Gasteiger partial charge on any atom is -0.496 e. The molecule has 1 fully saturated rings. The van der Waals surface area contributed by atoms with Crippen molar-refractivity contribution in [2.75, 3.05) is 58.2 Å². The summed E-state index contributed by atoms with van der Waals surface area (Å²) >= 11 is 0. The predicted molar refractivity (Wildman–Crippen MR) is 167 cm³/mol. The van der Waals surface area contributed by atoms with Gasteiger partial charge >= 0.3 is 0 Å². The van der Waals surface area contributed by atoms with E-state index in [1.165, 1.54) is 37.8 Å². The van der Waals surface area contributed by atoms with Crippen LogP contribution in [0.25, 0.3) is 0 Å². The van der Waals surface area contributed by atoms with Gasteiger partial charge in [0, 0.05) is 56.0 Å². The van der Waals surface area contributed by atoms with Crippen LogP contribution in [0, 0.1) is 19.7 Å². The monoisotopic (exact) mass is 645 g/mol. The number of aryl methyl sites for hydroxylation is 2. The van der Waals surface area contributed by atoms with E-state index >= 15 is 0 Å². The molecule has 3 aromatic rings. The van der Waals surface area contributed by atoms with Crippen molar-refractivity contribution in [1.82, 2.24) is 9.37 Å². The lowest BCUT2D eigenvalue weighted by molar-refractivity contribution is -0.264. The van der Waals surface area contributed by atoms with Gasteiger partial charge in [0.2, 0.25) is 22.2 Å². The van der Waals surface area contributed by atoms with Crippen LogP contribution in [0.5, 0.6) is 17.2 Å². The van der Waals surface area contributed by atoms with E-state index in [1.54, 1.807) is 30.3 Å². The van der Waals surface area contributed by atoms with Crippen LogP contribution in [-0.2, 0) is 26.2 Å². The van der Waals surface area contributed by atoms with E-state index in [4.69, 9.17) is 19.0 Å². The summed E-state index contributed by atoms with van der Waals surface area (Å²) < 4.78 is 57.6. The number of piperazine rings is 1. The number of amides is 1. The molecule has 0 aliphatic carbocycles. The Bertz CT molecular complexity index is 1550. The Hall–Kier alpha value is -3.91.